The number of rotatable bonds is 6. The van der Waals surface area contributed by atoms with Crippen LogP contribution in [-0.2, 0) is 9.53 Å². The van der Waals surface area contributed by atoms with Crippen molar-refractivity contribution in [3.63, 3.8) is 0 Å². The van der Waals surface area contributed by atoms with E-state index in [1.165, 1.54) is 38.2 Å². The highest BCUT2D eigenvalue weighted by atomic mass is 16.5. The van der Waals surface area contributed by atoms with Gasteiger partial charge in [0.25, 0.3) is 5.91 Å². The molecule has 1 atom stereocenters. The van der Waals surface area contributed by atoms with Crippen LogP contribution in [0.4, 0.5) is 0 Å². The van der Waals surface area contributed by atoms with Crippen LogP contribution in [0, 0.1) is 11.3 Å². The summed E-state index contributed by atoms with van der Waals surface area (Å²) in [5.74, 6) is 0.0844. The quantitative estimate of drug-likeness (QED) is 0.340. The van der Waals surface area contributed by atoms with Crippen molar-refractivity contribution in [2.75, 3.05) is 7.11 Å². The fourth-order valence-corrected chi connectivity index (χ4v) is 3.12. The van der Waals surface area contributed by atoms with Gasteiger partial charge in [0, 0.05) is 18.6 Å². The lowest BCUT2D eigenvalue weighted by Crippen LogP contribution is -2.37. The number of nitrogens with one attached hydrogen (secondary N) is 1. The molecule has 0 aromatic carbocycles. The maximum Gasteiger partial charge on any atom is 0.267 e. The summed E-state index contributed by atoms with van der Waals surface area (Å²) in [6.45, 7) is 4.32. The Balaban J connectivity index is 2.65. The Hall–Kier alpha value is -1.13. The van der Waals surface area contributed by atoms with Gasteiger partial charge in [0.05, 0.1) is 6.10 Å². The third kappa shape index (κ3) is 5.10. The summed E-state index contributed by atoms with van der Waals surface area (Å²) in [4.78, 5) is 10.9. The second-order valence-electron chi connectivity index (χ2n) is 6.07. The van der Waals surface area contributed by atoms with Gasteiger partial charge in [-0.3, -0.25) is 10.0 Å². The van der Waals surface area contributed by atoms with Crippen molar-refractivity contribution in [2.24, 2.45) is 11.3 Å². The Morgan fingerprint density at radius 3 is 2.50 bits per heavy atom. The molecule has 0 aromatic rings. The zero-order valence-corrected chi connectivity index (χ0v) is 12.8. The first-order valence-corrected chi connectivity index (χ1v) is 7.34. The van der Waals surface area contributed by atoms with E-state index >= 15 is 0 Å². The van der Waals surface area contributed by atoms with Gasteiger partial charge in [-0.15, -0.1) is 0 Å². The Morgan fingerprint density at radius 2 is 1.95 bits per heavy atom. The van der Waals surface area contributed by atoms with Crippen molar-refractivity contribution in [3.8, 4) is 0 Å². The molecule has 0 aliphatic heterocycles. The number of methoxy groups -OCH3 is 1. The summed E-state index contributed by atoms with van der Waals surface area (Å²) < 4.78 is 5.76. The van der Waals surface area contributed by atoms with Gasteiger partial charge < -0.3 is 4.74 Å². The van der Waals surface area contributed by atoms with Gasteiger partial charge >= 0.3 is 0 Å². The van der Waals surface area contributed by atoms with Crippen LogP contribution in [0.2, 0.25) is 0 Å². The zero-order chi connectivity index (χ0) is 15.0. The van der Waals surface area contributed by atoms with E-state index in [4.69, 9.17) is 9.94 Å². The molecule has 1 aliphatic carbocycles. The van der Waals surface area contributed by atoms with E-state index in [-0.39, 0.29) is 11.5 Å². The minimum atomic E-state index is -0.525. The largest absolute Gasteiger partial charge is 0.380 e. The standard InChI is InChI=1S/C16H27NO3/c1-16(2,12-8-7-11-14(18)17-19)15(20-3)13-9-5-4-6-10-13/h7-8,11-13,15,19H,4-6,9-10H2,1-3H3,(H,17,18). The second kappa shape index (κ2) is 8.22. The summed E-state index contributed by atoms with van der Waals surface area (Å²) in [5, 5.41) is 8.40. The minimum absolute atomic E-state index is 0.0865. The third-order valence-electron chi connectivity index (χ3n) is 4.06. The van der Waals surface area contributed by atoms with Gasteiger partial charge in [0.2, 0.25) is 0 Å². The molecule has 0 bridgehead atoms. The molecule has 0 spiro atoms. The molecule has 114 valence electrons. The van der Waals surface area contributed by atoms with Crippen LogP contribution in [-0.4, -0.2) is 24.3 Å². The number of amides is 1. The maximum absolute atomic E-state index is 10.9. The first kappa shape index (κ1) is 16.9. The second-order valence-corrected chi connectivity index (χ2v) is 6.07. The molecule has 20 heavy (non-hydrogen) atoms. The van der Waals surface area contributed by atoms with Gasteiger partial charge in [-0.25, -0.2) is 5.48 Å². The van der Waals surface area contributed by atoms with Gasteiger partial charge in [0.1, 0.15) is 0 Å². The number of hydrogen-bond donors (Lipinski definition) is 2. The Morgan fingerprint density at radius 1 is 1.30 bits per heavy atom. The summed E-state index contributed by atoms with van der Waals surface area (Å²) in [6, 6.07) is 0. The third-order valence-corrected chi connectivity index (χ3v) is 4.06. The van der Waals surface area contributed by atoms with E-state index in [1.54, 1.807) is 18.7 Å². The van der Waals surface area contributed by atoms with E-state index in [0.717, 1.165) is 0 Å². The van der Waals surface area contributed by atoms with Crippen LogP contribution in [0.1, 0.15) is 46.0 Å². The Labute approximate surface area is 121 Å². The highest BCUT2D eigenvalue weighted by Crippen LogP contribution is 2.37. The fraction of sp³-hybridized carbons (Fsp3) is 0.688. The minimum Gasteiger partial charge on any atom is -0.380 e. The van der Waals surface area contributed by atoms with Crippen LogP contribution in [0.5, 0.6) is 0 Å². The van der Waals surface area contributed by atoms with Gasteiger partial charge in [-0.1, -0.05) is 51.3 Å². The van der Waals surface area contributed by atoms with Crippen molar-refractivity contribution >= 4 is 5.91 Å². The number of hydroxylamine groups is 1. The molecule has 4 heteroatoms. The first-order valence-electron chi connectivity index (χ1n) is 7.34. The van der Waals surface area contributed by atoms with Crippen molar-refractivity contribution in [2.45, 2.75) is 52.1 Å². The lowest BCUT2D eigenvalue weighted by atomic mass is 9.73. The molecule has 4 nitrogen and oxygen atoms in total. The van der Waals surface area contributed by atoms with Crippen LogP contribution < -0.4 is 5.48 Å². The van der Waals surface area contributed by atoms with Crippen molar-refractivity contribution in [3.05, 3.63) is 24.3 Å². The number of carbonyl (C=O) groups is 1. The van der Waals surface area contributed by atoms with Gasteiger partial charge in [-0.05, 0) is 18.8 Å². The zero-order valence-electron chi connectivity index (χ0n) is 12.8. The van der Waals surface area contributed by atoms with Crippen molar-refractivity contribution in [1.29, 1.82) is 0 Å². The Bertz CT molecular complexity index is 355. The maximum atomic E-state index is 10.9. The van der Waals surface area contributed by atoms with Crippen LogP contribution in [0.3, 0.4) is 0 Å². The highest BCUT2D eigenvalue weighted by Gasteiger charge is 2.34. The van der Waals surface area contributed by atoms with Crippen LogP contribution in [0.25, 0.3) is 0 Å². The molecule has 0 aromatic heterocycles. The lowest BCUT2D eigenvalue weighted by Gasteiger charge is -2.38. The fourth-order valence-electron chi connectivity index (χ4n) is 3.12. The van der Waals surface area contributed by atoms with E-state index in [0.29, 0.717) is 5.92 Å². The van der Waals surface area contributed by atoms with Gasteiger partial charge in [0.15, 0.2) is 0 Å². The predicted octanol–water partition coefficient (Wildman–Crippen LogP) is 3.23. The molecule has 1 aliphatic rings. The molecule has 0 heterocycles. The molecule has 2 N–H and O–H groups in total. The lowest BCUT2D eigenvalue weighted by molar-refractivity contribution is -0.124. The summed E-state index contributed by atoms with van der Waals surface area (Å²) in [6.07, 6.45) is 13.4. The molecule has 1 fully saturated rings. The van der Waals surface area contributed by atoms with Crippen molar-refractivity contribution in [1.82, 2.24) is 5.48 Å². The predicted molar refractivity (Wildman–Crippen MR) is 79.4 cm³/mol. The molecule has 0 radical (unpaired) electrons. The average molecular weight is 281 g/mol. The monoisotopic (exact) mass is 281 g/mol. The van der Waals surface area contributed by atoms with E-state index in [1.807, 2.05) is 6.08 Å². The summed E-state index contributed by atoms with van der Waals surface area (Å²) >= 11 is 0. The number of ether oxygens (including phenoxy) is 1. The SMILES string of the molecule is COC(C1CCCCC1)C(C)(C)C=CC=CC(=O)NO. The number of hydrogen-bond acceptors (Lipinski definition) is 3. The molecule has 1 rings (SSSR count). The van der Waals surface area contributed by atoms with Crippen LogP contribution >= 0.6 is 0 Å². The molecule has 1 unspecified atom stereocenters. The van der Waals surface area contributed by atoms with E-state index in [9.17, 15) is 4.79 Å². The smallest absolute Gasteiger partial charge is 0.267 e. The summed E-state index contributed by atoms with van der Waals surface area (Å²) in [5.41, 5.74) is 1.48. The topological polar surface area (TPSA) is 58.6 Å². The van der Waals surface area contributed by atoms with E-state index in [2.05, 4.69) is 19.9 Å². The normalized spacial score (nSPS) is 19.6. The average Bonchev–Trinajstić information content (AvgIpc) is 2.45. The molecular weight excluding hydrogens is 254 g/mol. The van der Waals surface area contributed by atoms with E-state index < -0.39 is 5.91 Å². The molecule has 1 amide bonds. The highest BCUT2D eigenvalue weighted by molar-refractivity contribution is 5.86. The number of carbonyl (C=O) groups excluding carboxylic acids is 1. The Kier molecular flexibility index (Phi) is 6.96. The molecule has 1 saturated carbocycles. The molecular formula is C16H27NO3. The molecule has 0 saturated heterocycles. The summed E-state index contributed by atoms with van der Waals surface area (Å²) in [7, 11) is 1.78. The van der Waals surface area contributed by atoms with Gasteiger partial charge in [-0.2, -0.15) is 0 Å². The number of allylic oxidation sites excluding steroid dienone is 2. The van der Waals surface area contributed by atoms with Crippen molar-refractivity contribution < 1.29 is 14.7 Å². The first-order chi connectivity index (χ1) is 9.51. The van der Waals surface area contributed by atoms with Crippen LogP contribution in [0.15, 0.2) is 24.3 Å².